The normalized spacial score (nSPS) is 17.3. The van der Waals surface area contributed by atoms with E-state index in [0.717, 1.165) is 24.4 Å². The Morgan fingerprint density at radius 2 is 1.68 bits per heavy atom. The van der Waals surface area contributed by atoms with Gasteiger partial charge in [-0.1, -0.05) is 48.5 Å². The Morgan fingerprint density at radius 3 is 2.42 bits per heavy atom. The van der Waals surface area contributed by atoms with E-state index in [1.54, 1.807) is 37.4 Å². The minimum absolute atomic E-state index is 0.121. The molecule has 0 radical (unpaired) electrons. The molecule has 1 saturated heterocycles. The molecule has 0 unspecified atom stereocenters. The summed E-state index contributed by atoms with van der Waals surface area (Å²) in [6, 6.07) is 23.3. The third-order valence-corrected chi connectivity index (χ3v) is 6.46. The molecule has 0 aliphatic carbocycles. The van der Waals surface area contributed by atoms with Crippen LogP contribution in [0.1, 0.15) is 17.2 Å². The van der Waals surface area contributed by atoms with Crippen LogP contribution >= 0.6 is 0 Å². The lowest BCUT2D eigenvalue weighted by atomic mass is 10.1. The van der Waals surface area contributed by atoms with Gasteiger partial charge in [0.15, 0.2) is 0 Å². The summed E-state index contributed by atoms with van der Waals surface area (Å²) in [7, 11) is -2.27. The lowest BCUT2D eigenvalue weighted by molar-refractivity contribution is -0.0335. The van der Waals surface area contributed by atoms with Crippen LogP contribution in [0.5, 0.6) is 11.5 Å². The third kappa shape index (κ3) is 5.25. The Hall–Kier alpha value is -2.87. The number of methoxy groups -OCH3 is 1. The van der Waals surface area contributed by atoms with E-state index in [1.807, 2.05) is 36.4 Å². The van der Waals surface area contributed by atoms with E-state index in [2.05, 4.69) is 4.90 Å². The molecule has 4 rings (SSSR count). The van der Waals surface area contributed by atoms with Crippen molar-refractivity contribution in [2.75, 3.05) is 26.8 Å². The second-order valence-corrected chi connectivity index (χ2v) is 8.88. The van der Waals surface area contributed by atoms with Crippen LogP contribution in [0.3, 0.4) is 0 Å². The number of para-hydroxylation sites is 1. The fourth-order valence-electron chi connectivity index (χ4n) is 3.60. The van der Waals surface area contributed by atoms with Crippen LogP contribution in [-0.4, -0.2) is 40.1 Å². The van der Waals surface area contributed by atoms with Crippen LogP contribution in [0.15, 0.2) is 83.8 Å². The van der Waals surface area contributed by atoms with E-state index < -0.39 is 10.1 Å². The standard InChI is InChI=1S/C24H25NO5S/c1-28-20-13-11-19(12-14-20)17-25-15-16-29-24(18-25)22-9-5-6-10-23(22)30-31(26,27)21-7-3-2-4-8-21/h2-14,24H,15-18H2,1H3/t24-/m1/s1. The number of hydrogen-bond donors (Lipinski definition) is 0. The second kappa shape index (κ2) is 9.51. The minimum atomic E-state index is -3.92. The lowest BCUT2D eigenvalue weighted by Crippen LogP contribution is -2.38. The molecular formula is C24H25NO5S. The van der Waals surface area contributed by atoms with Crippen molar-refractivity contribution in [1.82, 2.24) is 4.90 Å². The summed E-state index contributed by atoms with van der Waals surface area (Å²) in [6.07, 6.45) is -0.283. The highest BCUT2D eigenvalue weighted by atomic mass is 32.2. The molecule has 6 nitrogen and oxygen atoms in total. The van der Waals surface area contributed by atoms with Crippen LogP contribution in [-0.2, 0) is 21.4 Å². The monoisotopic (exact) mass is 439 g/mol. The first-order chi connectivity index (χ1) is 15.0. The molecule has 1 fully saturated rings. The van der Waals surface area contributed by atoms with Gasteiger partial charge >= 0.3 is 10.1 Å². The van der Waals surface area contributed by atoms with Gasteiger partial charge in [0.25, 0.3) is 0 Å². The highest BCUT2D eigenvalue weighted by Gasteiger charge is 2.27. The van der Waals surface area contributed by atoms with E-state index in [-0.39, 0.29) is 11.0 Å². The van der Waals surface area contributed by atoms with Gasteiger partial charge < -0.3 is 13.7 Å². The van der Waals surface area contributed by atoms with Gasteiger partial charge in [-0.2, -0.15) is 8.42 Å². The van der Waals surface area contributed by atoms with Crippen LogP contribution in [0.25, 0.3) is 0 Å². The molecule has 7 heteroatoms. The highest BCUT2D eigenvalue weighted by molar-refractivity contribution is 7.87. The first-order valence-corrected chi connectivity index (χ1v) is 11.5. The molecular weight excluding hydrogens is 414 g/mol. The third-order valence-electron chi connectivity index (χ3n) is 5.21. The smallest absolute Gasteiger partial charge is 0.339 e. The summed E-state index contributed by atoms with van der Waals surface area (Å²) < 4.78 is 42.1. The Bertz CT molecular complexity index is 1100. The number of rotatable bonds is 7. The maximum atomic E-state index is 12.7. The van der Waals surface area contributed by atoms with Gasteiger partial charge in [0.2, 0.25) is 0 Å². The zero-order valence-electron chi connectivity index (χ0n) is 17.3. The van der Waals surface area contributed by atoms with Crippen LogP contribution in [0, 0.1) is 0 Å². The maximum Gasteiger partial charge on any atom is 0.339 e. The molecule has 3 aromatic rings. The van der Waals surface area contributed by atoms with Gasteiger partial charge in [0.05, 0.1) is 19.8 Å². The first-order valence-electron chi connectivity index (χ1n) is 10.1. The van der Waals surface area contributed by atoms with Crippen molar-refractivity contribution in [3.63, 3.8) is 0 Å². The van der Waals surface area contributed by atoms with Crippen molar-refractivity contribution in [3.05, 3.63) is 90.0 Å². The van der Waals surface area contributed by atoms with Gasteiger partial charge in [-0.25, -0.2) is 0 Å². The molecule has 3 aromatic carbocycles. The second-order valence-electron chi connectivity index (χ2n) is 7.33. The molecule has 1 heterocycles. The molecule has 1 atom stereocenters. The summed E-state index contributed by atoms with van der Waals surface area (Å²) >= 11 is 0. The summed E-state index contributed by atoms with van der Waals surface area (Å²) in [5.41, 5.74) is 1.90. The molecule has 0 aromatic heterocycles. The van der Waals surface area contributed by atoms with Crippen molar-refractivity contribution in [3.8, 4) is 11.5 Å². The zero-order valence-corrected chi connectivity index (χ0v) is 18.1. The van der Waals surface area contributed by atoms with Crippen molar-refractivity contribution >= 4 is 10.1 Å². The van der Waals surface area contributed by atoms with E-state index in [4.69, 9.17) is 13.7 Å². The largest absolute Gasteiger partial charge is 0.497 e. The fourth-order valence-corrected chi connectivity index (χ4v) is 4.57. The fraction of sp³-hybridized carbons (Fsp3) is 0.250. The Kier molecular flexibility index (Phi) is 6.56. The quantitative estimate of drug-likeness (QED) is 0.518. The zero-order chi connectivity index (χ0) is 21.7. The molecule has 0 saturated carbocycles. The van der Waals surface area contributed by atoms with Gasteiger partial charge in [-0.15, -0.1) is 0 Å². The van der Waals surface area contributed by atoms with Crippen LogP contribution in [0.2, 0.25) is 0 Å². The Labute approximate surface area is 183 Å². The number of ether oxygens (including phenoxy) is 2. The van der Waals surface area contributed by atoms with E-state index in [9.17, 15) is 8.42 Å². The topological polar surface area (TPSA) is 65.1 Å². The molecule has 1 aliphatic rings. The van der Waals surface area contributed by atoms with Crippen molar-refractivity contribution in [1.29, 1.82) is 0 Å². The molecule has 162 valence electrons. The molecule has 31 heavy (non-hydrogen) atoms. The minimum Gasteiger partial charge on any atom is -0.497 e. The summed E-state index contributed by atoms with van der Waals surface area (Å²) in [4.78, 5) is 2.41. The summed E-state index contributed by atoms with van der Waals surface area (Å²) in [5.74, 6) is 1.12. The summed E-state index contributed by atoms with van der Waals surface area (Å²) in [6.45, 7) is 2.77. The van der Waals surface area contributed by atoms with Crippen molar-refractivity contribution in [2.45, 2.75) is 17.5 Å². The number of nitrogens with zero attached hydrogens (tertiary/aromatic N) is 1. The van der Waals surface area contributed by atoms with E-state index in [1.165, 1.54) is 17.7 Å². The Morgan fingerprint density at radius 1 is 0.968 bits per heavy atom. The van der Waals surface area contributed by atoms with Crippen molar-refractivity contribution in [2.24, 2.45) is 0 Å². The lowest BCUT2D eigenvalue weighted by Gasteiger charge is -2.33. The molecule has 0 bridgehead atoms. The predicted molar refractivity (Wildman–Crippen MR) is 118 cm³/mol. The average Bonchev–Trinajstić information content (AvgIpc) is 2.80. The van der Waals surface area contributed by atoms with Crippen LogP contribution < -0.4 is 8.92 Å². The van der Waals surface area contributed by atoms with Crippen molar-refractivity contribution < 1.29 is 22.1 Å². The van der Waals surface area contributed by atoms with Gasteiger partial charge in [0, 0.05) is 25.2 Å². The molecule has 0 amide bonds. The van der Waals surface area contributed by atoms with E-state index in [0.29, 0.717) is 18.9 Å². The maximum absolute atomic E-state index is 12.7. The highest BCUT2D eigenvalue weighted by Crippen LogP contribution is 2.32. The first kappa shape index (κ1) is 21.4. The van der Waals surface area contributed by atoms with Crippen LogP contribution in [0.4, 0.5) is 0 Å². The van der Waals surface area contributed by atoms with Gasteiger partial charge in [-0.05, 0) is 35.9 Å². The van der Waals surface area contributed by atoms with Gasteiger partial charge in [0.1, 0.15) is 16.4 Å². The number of morpholine rings is 1. The van der Waals surface area contributed by atoms with Gasteiger partial charge in [-0.3, -0.25) is 4.90 Å². The number of benzene rings is 3. The number of hydrogen-bond acceptors (Lipinski definition) is 6. The predicted octanol–water partition coefficient (Wildman–Crippen LogP) is 4.04. The molecule has 0 spiro atoms. The summed E-state index contributed by atoms with van der Waals surface area (Å²) in [5, 5.41) is 0. The molecule has 0 N–H and O–H groups in total. The average molecular weight is 440 g/mol. The SMILES string of the molecule is COc1ccc(CN2CCO[C@@H](c3ccccc3OS(=O)(=O)c3ccccc3)C2)cc1. The molecule has 1 aliphatic heterocycles. The van der Waals surface area contributed by atoms with E-state index >= 15 is 0 Å². The Balaban J connectivity index is 1.50.